The van der Waals surface area contributed by atoms with Crippen LogP contribution in [-0.4, -0.2) is 60.3 Å². The van der Waals surface area contributed by atoms with Crippen LogP contribution < -0.4 is 44.4 Å². The number of rotatable bonds is 15. The minimum Gasteiger partial charge on any atom is -0.504 e. The van der Waals surface area contributed by atoms with Crippen molar-refractivity contribution in [3.63, 3.8) is 0 Å². The molecule has 13 aromatic rings. The van der Waals surface area contributed by atoms with Crippen molar-refractivity contribution in [2.45, 2.75) is 0 Å². The van der Waals surface area contributed by atoms with E-state index in [9.17, 15) is 15.3 Å². The summed E-state index contributed by atoms with van der Waals surface area (Å²) >= 11 is 0. The molecule has 0 radical (unpaired) electrons. The topological polar surface area (TPSA) is 194 Å². The minimum atomic E-state index is -0.737. The molecule has 0 aliphatic carbocycles. The first-order valence-electron chi connectivity index (χ1n) is 29.1. The van der Waals surface area contributed by atoms with Crippen LogP contribution in [0.15, 0.2) is 231 Å². The average Bonchev–Trinajstić information content (AvgIpc) is 0.703. The molecule has 15 rings (SSSR count). The Labute approximate surface area is 520 Å². The van der Waals surface area contributed by atoms with Gasteiger partial charge in [-0.25, -0.2) is 9.80 Å². The van der Waals surface area contributed by atoms with E-state index in [0.717, 1.165) is 39.0 Å². The maximum Gasteiger partial charge on any atom is 0.266 e. The maximum absolute atomic E-state index is 15.7. The molecule has 0 fully saturated rings. The molecule has 16 nitrogen and oxygen atoms in total. The first kappa shape index (κ1) is 55.0. The summed E-state index contributed by atoms with van der Waals surface area (Å²) in [4.78, 5) is 68.7. The van der Waals surface area contributed by atoms with Crippen molar-refractivity contribution in [1.29, 1.82) is 0 Å². The molecule has 4 amide bonds. The molecular weight excluding hydrogens is 1140 g/mol. The highest BCUT2D eigenvalue weighted by molar-refractivity contribution is 6.48. The van der Waals surface area contributed by atoms with Crippen LogP contribution in [-0.2, 0) is 0 Å². The summed E-state index contributed by atoms with van der Waals surface area (Å²) in [5, 5.41) is 43.0. The second kappa shape index (κ2) is 21.7. The molecular formula is C75H52N6O10. The van der Waals surface area contributed by atoms with Crippen molar-refractivity contribution < 1.29 is 48.7 Å². The van der Waals surface area contributed by atoms with E-state index in [0.29, 0.717) is 83.1 Å². The third kappa shape index (κ3) is 8.83. The number of nitrogens with zero attached hydrogens (tertiary/aromatic N) is 4. The number of nitrogens with one attached hydrogen (secondary N) is 2. The third-order valence-electron chi connectivity index (χ3n) is 16.9. The molecule has 13 aromatic carbocycles. The highest BCUT2D eigenvalue weighted by atomic mass is 16.5. The van der Waals surface area contributed by atoms with Crippen LogP contribution in [0.25, 0.3) is 43.1 Å². The number of aromatic hydroxyl groups is 3. The van der Waals surface area contributed by atoms with E-state index in [4.69, 9.17) is 14.2 Å². The number of phenols is 3. The number of phenolic OH excluding ortho intramolecular Hbond substituents is 3. The van der Waals surface area contributed by atoms with E-state index in [1.54, 1.807) is 72.8 Å². The number of hydrogen-bond acceptors (Lipinski definition) is 14. The number of anilines is 12. The Hall–Kier alpha value is -12.6. The van der Waals surface area contributed by atoms with E-state index in [-0.39, 0.29) is 33.6 Å². The van der Waals surface area contributed by atoms with Gasteiger partial charge in [-0.3, -0.25) is 19.2 Å². The van der Waals surface area contributed by atoms with Gasteiger partial charge in [-0.2, -0.15) is 0 Å². The van der Waals surface area contributed by atoms with Crippen molar-refractivity contribution in [3.8, 4) is 34.5 Å². The van der Waals surface area contributed by atoms with E-state index >= 15 is 19.2 Å². The van der Waals surface area contributed by atoms with Gasteiger partial charge in [-0.05, 0) is 132 Å². The molecule has 2 heterocycles. The zero-order chi connectivity index (χ0) is 62.3. The Bertz CT molecular complexity index is 5000. The number of hydrogen-bond donors (Lipinski definition) is 5. The van der Waals surface area contributed by atoms with Crippen molar-refractivity contribution >= 4 is 135 Å². The number of para-hydroxylation sites is 4. The number of carbonyl (C=O) groups excluding carboxylic acids is 4. The van der Waals surface area contributed by atoms with E-state index in [2.05, 4.69) is 20.4 Å². The van der Waals surface area contributed by atoms with Gasteiger partial charge in [0, 0.05) is 125 Å². The number of carbonyl (C=O) groups is 4. The maximum atomic E-state index is 15.7. The predicted molar refractivity (Wildman–Crippen MR) is 356 cm³/mol. The lowest BCUT2D eigenvalue weighted by Crippen LogP contribution is -2.40. The molecule has 2 aliphatic rings. The fourth-order valence-electron chi connectivity index (χ4n) is 13.0. The van der Waals surface area contributed by atoms with Crippen molar-refractivity contribution in [2.24, 2.45) is 0 Å². The van der Waals surface area contributed by atoms with Gasteiger partial charge in [-0.1, -0.05) is 84.9 Å². The van der Waals surface area contributed by atoms with Gasteiger partial charge in [0.05, 0.1) is 43.8 Å². The average molecular weight is 1200 g/mol. The first-order valence-corrected chi connectivity index (χ1v) is 29.1. The van der Waals surface area contributed by atoms with Gasteiger partial charge < -0.3 is 50.0 Å². The van der Waals surface area contributed by atoms with Gasteiger partial charge in [0.1, 0.15) is 0 Å². The van der Waals surface area contributed by atoms with Gasteiger partial charge in [0.2, 0.25) is 5.75 Å². The largest absolute Gasteiger partial charge is 0.504 e. The molecule has 91 heavy (non-hydrogen) atoms. The summed E-state index contributed by atoms with van der Waals surface area (Å²) in [6.07, 6.45) is 0. The molecule has 0 saturated carbocycles. The van der Waals surface area contributed by atoms with Crippen molar-refractivity contribution in [1.82, 2.24) is 0 Å². The van der Waals surface area contributed by atoms with Crippen LogP contribution >= 0.6 is 0 Å². The zero-order valence-corrected chi connectivity index (χ0v) is 48.9. The molecule has 0 aromatic heterocycles. The number of methoxy groups -OCH3 is 3. The molecule has 0 spiro atoms. The van der Waals surface area contributed by atoms with Crippen LogP contribution in [0, 0.1) is 0 Å². The second-order valence-corrected chi connectivity index (χ2v) is 22.0. The molecule has 0 bridgehead atoms. The molecule has 2 aliphatic heterocycles. The zero-order valence-electron chi connectivity index (χ0n) is 48.9. The molecule has 5 N–H and O–H groups in total. The minimum absolute atomic E-state index is 0.127. The van der Waals surface area contributed by atoms with Crippen molar-refractivity contribution in [2.75, 3.05) is 51.6 Å². The Morgan fingerprint density at radius 3 is 1.01 bits per heavy atom. The number of imide groups is 2. The molecule has 442 valence electrons. The van der Waals surface area contributed by atoms with Gasteiger partial charge in [0.15, 0.2) is 28.7 Å². The SMILES string of the molecule is COc1cc(Nc2cc3c4c(ccc5c6c(Nc7cc(O)c(O)c(O)c7)cc7c8c(ccc(c2c45)c86)C(=O)N(c2ccc(N(c4ccccc4)c4ccccc4)cc2)C7=O)C(=O)N(c2ccc(N(c4ccccc4)c4ccccc4)cc2)C3=O)cc(OC)c1OC. The van der Waals surface area contributed by atoms with Gasteiger partial charge in [0.25, 0.3) is 23.6 Å². The quantitative estimate of drug-likeness (QED) is 0.0214. The summed E-state index contributed by atoms with van der Waals surface area (Å²) < 4.78 is 17.3. The Kier molecular flexibility index (Phi) is 13.1. The normalized spacial score (nSPS) is 12.7. The highest BCUT2D eigenvalue weighted by Gasteiger charge is 2.40. The van der Waals surface area contributed by atoms with E-state index in [1.165, 1.54) is 38.4 Å². The summed E-state index contributed by atoms with van der Waals surface area (Å²) in [7, 11) is 4.51. The van der Waals surface area contributed by atoms with E-state index < -0.39 is 40.9 Å². The standard InChI is InChI=1S/C75H52N6O10/c1-89-62-38-43(39-63(90-2)71(62)91-3)77-59-41-57-65-55(73(86)81(75(57)88)51-30-26-49(27-31-51)79(46-20-12-6-13-21-46)47-22-14-7-15-23-47)34-32-52-66-58(76-42-36-60(82)70(84)61(83)37-42)40-56-64-54(35-33-53(68(64)66)67(59)69(52)65)72(85)80(74(56)87)50-28-24-48(25-29-50)78(44-16-8-4-9-17-44)45-18-10-5-11-19-45/h4-41,76-77,82-84H,1-3H3. The lowest BCUT2D eigenvalue weighted by molar-refractivity contribution is 0.0877. The van der Waals surface area contributed by atoms with Crippen LogP contribution in [0.2, 0.25) is 0 Å². The predicted octanol–water partition coefficient (Wildman–Crippen LogP) is 16.9. The van der Waals surface area contributed by atoms with Crippen molar-refractivity contribution in [3.05, 3.63) is 253 Å². The fourth-order valence-corrected chi connectivity index (χ4v) is 13.0. The van der Waals surface area contributed by atoms with Gasteiger partial charge >= 0.3 is 0 Å². The molecule has 16 heteroatoms. The summed E-state index contributed by atoms with van der Waals surface area (Å²) in [6, 6.07) is 70.1. The number of fused-ring (bicyclic) bond motifs is 2. The van der Waals surface area contributed by atoms with Crippen LogP contribution in [0.5, 0.6) is 34.5 Å². The number of benzene rings is 13. The van der Waals surface area contributed by atoms with E-state index in [1.807, 2.05) is 146 Å². The second-order valence-electron chi connectivity index (χ2n) is 22.0. The Morgan fingerprint density at radius 2 is 0.670 bits per heavy atom. The van der Waals surface area contributed by atoms with Crippen LogP contribution in [0.3, 0.4) is 0 Å². The molecule has 0 unspecified atom stereocenters. The highest BCUT2D eigenvalue weighted by Crippen LogP contribution is 2.54. The first-order chi connectivity index (χ1) is 44.4. The molecule has 0 atom stereocenters. The van der Waals surface area contributed by atoms with Crippen LogP contribution in [0.1, 0.15) is 41.4 Å². The smallest absolute Gasteiger partial charge is 0.266 e. The lowest BCUT2D eigenvalue weighted by atomic mass is 9.80. The third-order valence-corrected chi connectivity index (χ3v) is 16.9. The Morgan fingerprint density at radius 1 is 0.341 bits per heavy atom. The van der Waals surface area contributed by atoms with Gasteiger partial charge in [-0.15, -0.1) is 0 Å². The summed E-state index contributed by atoms with van der Waals surface area (Å²) in [6.45, 7) is 0. The fraction of sp³-hybridized carbons (Fsp3) is 0.0400. The molecule has 0 saturated heterocycles. The number of ether oxygens (including phenoxy) is 3. The summed E-state index contributed by atoms with van der Waals surface area (Å²) in [5.41, 5.74) is 7.86. The Balaban J connectivity index is 0.942. The lowest BCUT2D eigenvalue weighted by Gasteiger charge is -2.32. The summed E-state index contributed by atoms with van der Waals surface area (Å²) in [5.74, 6) is -3.36. The number of amides is 4. The van der Waals surface area contributed by atoms with Crippen LogP contribution in [0.4, 0.5) is 68.2 Å². The monoisotopic (exact) mass is 1200 g/mol.